The Bertz CT molecular complexity index is 222. The van der Waals surface area contributed by atoms with Gasteiger partial charge < -0.3 is 4.90 Å². The molecular formula is C12H22N2. The van der Waals surface area contributed by atoms with E-state index in [0.717, 1.165) is 18.6 Å². The third kappa shape index (κ3) is 1.95. The van der Waals surface area contributed by atoms with Gasteiger partial charge in [-0.2, -0.15) is 0 Å². The normalized spacial score (nSPS) is 33.3. The van der Waals surface area contributed by atoms with E-state index in [-0.39, 0.29) is 0 Å². The second-order valence-electron chi connectivity index (χ2n) is 4.72. The van der Waals surface area contributed by atoms with Gasteiger partial charge in [-0.15, -0.1) is 0 Å². The Hall–Kier alpha value is -0.500. The summed E-state index contributed by atoms with van der Waals surface area (Å²) < 4.78 is 0. The average molecular weight is 194 g/mol. The largest absolute Gasteiger partial charge is 0.358 e. The first-order chi connectivity index (χ1) is 6.81. The van der Waals surface area contributed by atoms with Gasteiger partial charge >= 0.3 is 0 Å². The topological polar surface area (TPSA) is 15.3 Å². The van der Waals surface area contributed by atoms with E-state index in [1.54, 1.807) is 5.70 Å². The van der Waals surface area contributed by atoms with Crippen LogP contribution >= 0.6 is 0 Å². The Morgan fingerprint density at radius 3 is 3.07 bits per heavy atom. The summed E-state index contributed by atoms with van der Waals surface area (Å²) in [7, 11) is 0. The van der Waals surface area contributed by atoms with Crippen molar-refractivity contribution in [3.8, 4) is 0 Å². The van der Waals surface area contributed by atoms with Gasteiger partial charge in [0.25, 0.3) is 0 Å². The zero-order valence-corrected chi connectivity index (χ0v) is 9.42. The molecule has 1 heterocycles. The van der Waals surface area contributed by atoms with Gasteiger partial charge in [-0.05, 0) is 31.6 Å². The molecule has 2 aliphatic rings. The second-order valence-corrected chi connectivity index (χ2v) is 4.72. The van der Waals surface area contributed by atoms with Crippen molar-refractivity contribution in [1.82, 2.24) is 10.2 Å². The van der Waals surface area contributed by atoms with Gasteiger partial charge in [-0.25, -0.2) is 0 Å². The van der Waals surface area contributed by atoms with Gasteiger partial charge in [0.15, 0.2) is 0 Å². The molecule has 0 radical (unpaired) electrons. The molecule has 0 saturated carbocycles. The van der Waals surface area contributed by atoms with E-state index in [0.29, 0.717) is 0 Å². The Balaban J connectivity index is 2.00. The highest BCUT2D eigenvalue weighted by atomic mass is 15.3. The molecule has 80 valence electrons. The molecule has 2 nitrogen and oxygen atoms in total. The summed E-state index contributed by atoms with van der Waals surface area (Å²) in [5.74, 6) is 0.898. The van der Waals surface area contributed by atoms with Crippen LogP contribution in [-0.2, 0) is 0 Å². The van der Waals surface area contributed by atoms with Gasteiger partial charge in [0, 0.05) is 18.3 Å². The van der Waals surface area contributed by atoms with Crippen molar-refractivity contribution >= 4 is 0 Å². The first-order valence-corrected chi connectivity index (χ1v) is 5.97. The monoisotopic (exact) mass is 194 g/mol. The maximum Gasteiger partial charge on any atom is 0.0683 e. The van der Waals surface area contributed by atoms with E-state index < -0.39 is 0 Å². The van der Waals surface area contributed by atoms with E-state index in [1.165, 1.54) is 32.2 Å². The summed E-state index contributed by atoms with van der Waals surface area (Å²) in [4.78, 5) is 2.58. The lowest BCUT2D eigenvalue weighted by Gasteiger charge is -2.31. The van der Waals surface area contributed by atoms with Crippen molar-refractivity contribution in [3.05, 3.63) is 11.8 Å². The highest BCUT2D eigenvalue weighted by Crippen LogP contribution is 2.27. The zero-order valence-electron chi connectivity index (χ0n) is 9.42. The van der Waals surface area contributed by atoms with Gasteiger partial charge in [0.05, 0.1) is 6.67 Å². The zero-order chi connectivity index (χ0) is 9.97. The molecule has 14 heavy (non-hydrogen) atoms. The molecule has 2 rings (SSSR count). The quantitative estimate of drug-likeness (QED) is 0.726. The van der Waals surface area contributed by atoms with Crippen LogP contribution in [0.15, 0.2) is 11.8 Å². The predicted molar refractivity (Wildman–Crippen MR) is 59.9 cm³/mol. The molecule has 2 unspecified atom stereocenters. The molecule has 0 bridgehead atoms. The second kappa shape index (κ2) is 4.35. The van der Waals surface area contributed by atoms with E-state index in [9.17, 15) is 0 Å². The predicted octanol–water partition coefficient (Wildman–Crippen LogP) is 2.33. The van der Waals surface area contributed by atoms with Crippen molar-refractivity contribution in [1.29, 1.82) is 0 Å². The maximum atomic E-state index is 3.47. The van der Waals surface area contributed by atoms with Crippen molar-refractivity contribution < 1.29 is 0 Å². The molecule has 2 heteroatoms. The molecule has 0 aromatic rings. The van der Waals surface area contributed by atoms with E-state index in [4.69, 9.17) is 0 Å². The van der Waals surface area contributed by atoms with E-state index >= 15 is 0 Å². The molecule has 1 fully saturated rings. The third-order valence-electron chi connectivity index (χ3n) is 3.59. The standard InChI is InChI=1S/C12H22N2/c1-3-11-8-13-9-14(11)12-6-4-10(2)5-7-12/h6,10-11,13H,3-5,7-9H2,1-2H3. The SMILES string of the molecule is CCC1CNCN1C1=CCC(C)CC1. The summed E-state index contributed by atoms with van der Waals surface area (Å²) in [6.45, 7) is 6.88. The minimum Gasteiger partial charge on any atom is -0.358 e. The molecule has 0 aromatic heterocycles. The lowest BCUT2D eigenvalue weighted by molar-refractivity contribution is 0.290. The summed E-state index contributed by atoms with van der Waals surface area (Å²) in [6, 6.07) is 0.745. The molecule has 1 aliphatic heterocycles. The molecule has 0 aromatic carbocycles. The number of hydrogen-bond donors (Lipinski definition) is 1. The summed E-state index contributed by atoms with van der Waals surface area (Å²) in [5, 5.41) is 3.47. The Morgan fingerprint density at radius 2 is 2.43 bits per heavy atom. The fraction of sp³-hybridized carbons (Fsp3) is 0.833. The fourth-order valence-electron chi connectivity index (χ4n) is 2.50. The Labute approximate surface area is 87.4 Å². The molecule has 1 N–H and O–H groups in total. The number of rotatable bonds is 2. The Kier molecular flexibility index (Phi) is 3.12. The molecule has 0 amide bonds. The highest BCUT2D eigenvalue weighted by Gasteiger charge is 2.25. The number of hydrogen-bond acceptors (Lipinski definition) is 2. The molecule has 1 saturated heterocycles. The van der Waals surface area contributed by atoms with Crippen molar-refractivity contribution in [2.24, 2.45) is 5.92 Å². The van der Waals surface area contributed by atoms with Crippen LogP contribution in [0, 0.1) is 5.92 Å². The third-order valence-corrected chi connectivity index (χ3v) is 3.59. The van der Waals surface area contributed by atoms with E-state index in [1.807, 2.05) is 0 Å². The van der Waals surface area contributed by atoms with Crippen LogP contribution in [0.4, 0.5) is 0 Å². The average Bonchev–Trinajstić information content (AvgIpc) is 2.67. The highest BCUT2D eigenvalue weighted by molar-refractivity contribution is 5.08. The molecule has 1 aliphatic carbocycles. The summed E-state index contributed by atoms with van der Waals surface area (Å²) in [6.07, 6.45) is 7.67. The van der Waals surface area contributed by atoms with E-state index in [2.05, 4.69) is 30.1 Å². The van der Waals surface area contributed by atoms with Crippen LogP contribution in [-0.4, -0.2) is 24.2 Å². The molecular weight excluding hydrogens is 172 g/mol. The van der Waals surface area contributed by atoms with Gasteiger partial charge in [0.1, 0.15) is 0 Å². The van der Waals surface area contributed by atoms with Crippen LogP contribution in [0.3, 0.4) is 0 Å². The lowest BCUT2D eigenvalue weighted by atomic mass is 9.93. The van der Waals surface area contributed by atoms with Crippen molar-refractivity contribution in [3.63, 3.8) is 0 Å². The van der Waals surface area contributed by atoms with Gasteiger partial charge in [-0.1, -0.05) is 19.9 Å². The first-order valence-electron chi connectivity index (χ1n) is 5.97. The van der Waals surface area contributed by atoms with Crippen LogP contribution in [0.5, 0.6) is 0 Å². The van der Waals surface area contributed by atoms with Gasteiger partial charge in [-0.3, -0.25) is 5.32 Å². The fourth-order valence-corrected chi connectivity index (χ4v) is 2.50. The lowest BCUT2D eigenvalue weighted by Crippen LogP contribution is -2.30. The molecule has 2 atom stereocenters. The number of allylic oxidation sites excluding steroid dienone is 2. The smallest absolute Gasteiger partial charge is 0.0683 e. The minimum absolute atomic E-state index is 0.745. The van der Waals surface area contributed by atoms with Crippen LogP contribution < -0.4 is 5.32 Å². The first kappa shape index (κ1) is 10.0. The van der Waals surface area contributed by atoms with Crippen molar-refractivity contribution in [2.75, 3.05) is 13.2 Å². The van der Waals surface area contributed by atoms with Crippen LogP contribution in [0.1, 0.15) is 39.5 Å². The van der Waals surface area contributed by atoms with Crippen LogP contribution in [0.2, 0.25) is 0 Å². The van der Waals surface area contributed by atoms with Crippen LogP contribution in [0.25, 0.3) is 0 Å². The minimum atomic E-state index is 0.745. The summed E-state index contributed by atoms with van der Waals surface area (Å²) >= 11 is 0. The maximum absolute atomic E-state index is 3.47. The number of nitrogens with zero attached hydrogens (tertiary/aromatic N) is 1. The van der Waals surface area contributed by atoms with Crippen molar-refractivity contribution in [2.45, 2.75) is 45.6 Å². The molecule has 0 spiro atoms. The summed E-state index contributed by atoms with van der Waals surface area (Å²) in [5.41, 5.74) is 1.60. The van der Waals surface area contributed by atoms with Gasteiger partial charge in [0.2, 0.25) is 0 Å². The number of nitrogens with one attached hydrogen (secondary N) is 1. The Morgan fingerprint density at radius 1 is 1.57 bits per heavy atom.